The van der Waals surface area contributed by atoms with Crippen LogP contribution in [-0.2, 0) is 11.3 Å². The third kappa shape index (κ3) is 3.59. The van der Waals surface area contributed by atoms with Crippen LogP contribution in [0.3, 0.4) is 0 Å². The van der Waals surface area contributed by atoms with Crippen LogP contribution in [0.1, 0.15) is 13.3 Å². The van der Waals surface area contributed by atoms with Crippen molar-refractivity contribution in [2.24, 2.45) is 0 Å². The summed E-state index contributed by atoms with van der Waals surface area (Å²) in [5.74, 6) is 0. The standard InChI is InChI=1S/C13H21BrN4O2/c1-3-5-18-13(19)12(14)11(8-16-18)17(2)9-10-7-15-4-6-20-10/h8,10,15H,3-7,9H2,1-2H3. The quantitative estimate of drug-likeness (QED) is 0.857. The summed E-state index contributed by atoms with van der Waals surface area (Å²) < 4.78 is 7.73. The number of hydrogen-bond acceptors (Lipinski definition) is 5. The lowest BCUT2D eigenvalue weighted by Crippen LogP contribution is -2.44. The lowest BCUT2D eigenvalue weighted by atomic mass is 10.2. The van der Waals surface area contributed by atoms with Gasteiger partial charge in [0.2, 0.25) is 0 Å². The highest BCUT2D eigenvalue weighted by atomic mass is 79.9. The van der Waals surface area contributed by atoms with E-state index in [9.17, 15) is 4.79 Å². The monoisotopic (exact) mass is 344 g/mol. The highest BCUT2D eigenvalue weighted by Crippen LogP contribution is 2.20. The third-order valence-electron chi connectivity index (χ3n) is 3.30. The van der Waals surface area contributed by atoms with Gasteiger partial charge in [0.05, 0.1) is 24.6 Å². The van der Waals surface area contributed by atoms with E-state index < -0.39 is 0 Å². The Balaban J connectivity index is 2.11. The maximum atomic E-state index is 12.2. The minimum absolute atomic E-state index is 0.0844. The van der Waals surface area contributed by atoms with Gasteiger partial charge in [0.25, 0.3) is 5.56 Å². The molecule has 1 aliphatic rings. The molecular formula is C13H21BrN4O2. The number of ether oxygens (including phenoxy) is 1. The molecule has 2 heterocycles. The molecule has 1 N–H and O–H groups in total. The number of rotatable bonds is 5. The van der Waals surface area contributed by atoms with E-state index >= 15 is 0 Å². The maximum Gasteiger partial charge on any atom is 0.283 e. The predicted molar refractivity (Wildman–Crippen MR) is 82.4 cm³/mol. The first-order chi connectivity index (χ1) is 9.63. The van der Waals surface area contributed by atoms with Gasteiger partial charge in [-0.2, -0.15) is 5.10 Å². The van der Waals surface area contributed by atoms with E-state index in [0.717, 1.165) is 38.3 Å². The van der Waals surface area contributed by atoms with Crippen molar-refractivity contribution in [1.82, 2.24) is 15.1 Å². The summed E-state index contributed by atoms with van der Waals surface area (Å²) in [7, 11) is 1.95. The average molecular weight is 345 g/mol. The van der Waals surface area contributed by atoms with Gasteiger partial charge in [-0.15, -0.1) is 0 Å². The molecule has 6 nitrogen and oxygen atoms in total. The zero-order chi connectivity index (χ0) is 14.5. The van der Waals surface area contributed by atoms with E-state index in [-0.39, 0.29) is 11.7 Å². The van der Waals surface area contributed by atoms with Crippen LogP contribution in [0.4, 0.5) is 5.69 Å². The fourth-order valence-electron chi connectivity index (χ4n) is 2.23. The number of hydrogen-bond donors (Lipinski definition) is 1. The largest absolute Gasteiger partial charge is 0.374 e. The molecule has 0 aliphatic carbocycles. The zero-order valence-corrected chi connectivity index (χ0v) is 13.5. The van der Waals surface area contributed by atoms with Crippen molar-refractivity contribution in [2.45, 2.75) is 26.0 Å². The maximum absolute atomic E-state index is 12.2. The number of aromatic nitrogens is 2. The summed E-state index contributed by atoms with van der Waals surface area (Å²) in [4.78, 5) is 14.2. The minimum atomic E-state index is -0.0844. The zero-order valence-electron chi connectivity index (χ0n) is 11.9. The van der Waals surface area contributed by atoms with Gasteiger partial charge in [-0.05, 0) is 22.4 Å². The summed E-state index contributed by atoms with van der Waals surface area (Å²) in [5, 5.41) is 7.52. The molecule has 1 aromatic rings. The fourth-order valence-corrected chi connectivity index (χ4v) is 2.84. The van der Waals surface area contributed by atoms with Crippen LogP contribution in [0, 0.1) is 0 Å². The Morgan fingerprint density at radius 2 is 2.45 bits per heavy atom. The van der Waals surface area contributed by atoms with Crippen molar-refractivity contribution in [2.75, 3.05) is 38.2 Å². The lowest BCUT2D eigenvalue weighted by molar-refractivity contribution is 0.0340. The van der Waals surface area contributed by atoms with E-state index in [0.29, 0.717) is 11.0 Å². The van der Waals surface area contributed by atoms with E-state index in [2.05, 4.69) is 26.3 Å². The molecule has 1 aliphatic heterocycles. The van der Waals surface area contributed by atoms with Crippen molar-refractivity contribution in [3.63, 3.8) is 0 Å². The molecule has 1 aromatic heterocycles. The van der Waals surface area contributed by atoms with Gasteiger partial charge in [-0.25, -0.2) is 4.68 Å². The molecule has 1 saturated heterocycles. The molecule has 0 bridgehead atoms. The summed E-state index contributed by atoms with van der Waals surface area (Å²) in [6, 6.07) is 0. The Morgan fingerprint density at radius 1 is 1.65 bits per heavy atom. The Bertz CT molecular complexity index is 500. The van der Waals surface area contributed by atoms with Crippen LogP contribution in [0.15, 0.2) is 15.5 Å². The van der Waals surface area contributed by atoms with E-state index in [1.54, 1.807) is 6.20 Å². The minimum Gasteiger partial charge on any atom is -0.374 e. The van der Waals surface area contributed by atoms with Gasteiger partial charge in [0.1, 0.15) is 4.47 Å². The number of nitrogens with one attached hydrogen (secondary N) is 1. The average Bonchev–Trinajstić information content (AvgIpc) is 2.45. The lowest BCUT2D eigenvalue weighted by Gasteiger charge is -2.29. The van der Waals surface area contributed by atoms with Gasteiger partial charge in [-0.1, -0.05) is 6.92 Å². The highest BCUT2D eigenvalue weighted by Gasteiger charge is 2.18. The molecule has 0 aromatic carbocycles. The van der Waals surface area contributed by atoms with E-state index in [1.807, 2.05) is 18.9 Å². The third-order valence-corrected chi connectivity index (χ3v) is 4.04. The normalized spacial score (nSPS) is 19.1. The molecule has 7 heteroatoms. The topological polar surface area (TPSA) is 59.4 Å². The molecule has 1 atom stereocenters. The molecule has 2 rings (SSSR count). The fraction of sp³-hybridized carbons (Fsp3) is 0.692. The second-order valence-corrected chi connectivity index (χ2v) is 5.74. The number of nitrogens with zero attached hydrogens (tertiary/aromatic N) is 3. The van der Waals surface area contributed by atoms with Crippen LogP contribution in [0.5, 0.6) is 0 Å². The van der Waals surface area contributed by atoms with E-state index in [1.165, 1.54) is 4.68 Å². The molecule has 112 valence electrons. The first kappa shape index (κ1) is 15.5. The van der Waals surface area contributed by atoms with Crippen molar-refractivity contribution in [3.05, 3.63) is 21.0 Å². The van der Waals surface area contributed by atoms with Crippen LogP contribution in [-0.4, -0.2) is 49.2 Å². The Morgan fingerprint density at radius 3 is 3.10 bits per heavy atom. The molecule has 0 saturated carbocycles. The first-order valence-electron chi connectivity index (χ1n) is 6.92. The number of morpholine rings is 1. The van der Waals surface area contributed by atoms with Crippen LogP contribution in [0.25, 0.3) is 0 Å². The van der Waals surface area contributed by atoms with Crippen molar-refractivity contribution in [1.29, 1.82) is 0 Å². The Labute approximate surface area is 127 Å². The predicted octanol–water partition coefficient (Wildman–Crippen LogP) is 0.840. The molecule has 1 unspecified atom stereocenters. The van der Waals surface area contributed by atoms with Crippen molar-refractivity contribution < 1.29 is 4.74 Å². The molecular weight excluding hydrogens is 324 g/mol. The van der Waals surface area contributed by atoms with Crippen LogP contribution >= 0.6 is 15.9 Å². The molecule has 20 heavy (non-hydrogen) atoms. The van der Waals surface area contributed by atoms with Crippen LogP contribution < -0.4 is 15.8 Å². The number of halogens is 1. The Kier molecular flexibility index (Phi) is 5.56. The smallest absolute Gasteiger partial charge is 0.283 e. The molecule has 0 amide bonds. The SMILES string of the molecule is CCCn1ncc(N(C)CC2CNCCO2)c(Br)c1=O. The molecule has 0 spiro atoms. The van der Waals surface area contributed by atoms with Gasteiger partial charge < -0.3 is 15.0 Å². The summed E-state index contributed by atoms with van der Waals surface area (Å²) in [5.41, 5.74) is 0.718. The van der Waals surface area contributed by atoms with Gasteiger partial charge in [-0.3, -0.25) is 4.79 Å². The summed E-state index contributed by atoms with van der Waals surface area (Å²) in [6.45, 7) is 5.86. The Hall–Kier alpha value is -0.920. The molecule has 0 radical (unpaired) electrons. The number of aryl methyl sites for hydroxylation is 1. The van der Waals surface area contributed by atoms with Crippen LogP contribution in [0.2, 0.25) is 0 Å². The van der Waals surface area contributed by atoms with Gasteiger partial charge in [0, 0.05) is 33.2 Å². The van der Waals surface area contributed by atoms with Crippen molar-refractivity contribution >= 4 is 21.6 Å². The number of likely N-dealkylation sites (N-methyl/N-ethyl adjacent to an activating group) is 1. The van der Waals surface area contributed by atoms with Gasteiger partial charge >= 0.3 is 0 Å². The molecule has 1 fully saturated rings. The highest BCUT2D eigenvalue weighted by molar-refractivity contribution is 9.10. The summed E-state index contributed by atoms with van der Waals surface area (Å²) >= 11 is 3.40. The van der Waals surface area contributed by atoms with E-state index in [4.69, 9.17) is 4.74 Å². The van der Waals surface area contributed by atoms with Crippen molar-refractivity contribution in [3.8, 4) is 0 Å². The number of anilines is 1. The van der Waals surface area contributed by atoms with Gasteiger partial charge in [0.15, 0.2) is 0 Å². The second-order valence-electron chi connectivity index (χ2n) is 4.95. The summed E-state index contributed by atoms with van der Waals surface area (Å²) in [6.07, 6.45) is 2.76. The second kappa shape index (κ2) is 7.19. The first-order valence-corrected chi connectivity index (χ1v) is 7.71.